The number of unbranched alkanes of at least 4 members (excludes halogenated alkanes) is 3. The van der Waals surface area contributed by atoms with Crippen LogP contribution >= 0.6 is 0 Å². The zero-order chi connectivity index (χ0) is 67.7. The van der Waals surface area contributed by atoms with Gasteiger partial charge in [0, 0.05) is 38.8 Å². The molecule has 7 atom stereocenters. The topological polar surface area (TPSA) is 244 Å². The Balaban J connectivity index is 0.823. The van der Waals surface area contributed by atoms with Gasteiger partial charge < -0.3 is 62.4 Å². The molecule has 2 heterocycles. The fraction of sp³-hybridized carbons (Fsp3) is 0.342. The first-order valence-electron chi connectivity index (χ1n) is 32.2. The zero-order valence-electron chi connectivity index (χ0n) is 54.0. The van der Waals surface area contributed by atoms with E-state index in [4.69, 9.17) is 47.4 Å². The minimum Gasteiger partial charge on any atom is -0.497 e. The summed E-state index contributed by atoms with van der Waals surface area (Å²) in [7, 11) is 3.20. The molecular formula is C76H80N2O18. The van der Waals surface area contributed by atoms with Gasteiger partial charge in [-0.2, -0.15) is 0 Å². The van der Waals surface area contributed by atoms with E-state index in [1.807, 2.05) is 78.9 Å². The van der Waals surface area contributed by atoms with Crippen LogP contribution in [0.2, 0.25) is 0 Å². The van der Waals surface area contributed by atoms with E-state index >= 15 is 0 Å². The first-order valence-corrected chi connectivity index (χ1v) is 32.2. The fourth-order valence-electron chi connectivity index (χ4n) is 11.5. The van der Waals surface area contributed by atoms with E-state index in [0.717, 1.165) is 16.7 Å². The number of rotatable bonds is 33. The number of nitrogens with one attached hydrogen (secondary N) is 1. The smallest absolute Gasteiger partial charge is 0.338 e. The predicted molar refractivity (Wildman–Crippen MR) is 352 cm³/mol. The summed E-state index contributed by atoms with van der Waals surface area (Å²) in [6, 6.07) is 57.0. The summed E-state index contributed by atoms with van der Waals surface area (Å²) in [4.78, 5) is 109. The number of esters is 5. The number of nitrogens with zero attached hydrogens (tertiary/aromatic N) is 1. The molecule has 0 spiro atoms. The highest BCUT2D eigenvalue weighted by Crippen LogP contribution is 2.43. The number of likely N-dealkylation sites (tertiary alicyclic amines) is 1. The molecule has 0 saturated carbocycles. The van der Waals surface area contributed by atoms with E-state index in [0.29, 0.717) is 56.6 Å². The summed E-state index contributed by atoms with van der Waals surface area (Å²) in [5.41, 5.74) is 1.94. The summed E-state index contributed by atoms with van der Waals surface area (Å²) in [5, 5.41) is 2.96. The molecule has 20 nitrogen and oxygen atoms in total. The molecule has 2 fully saturated rings. The molecule has 7 aromatic rings. The Morgan fingerprint density at radius 2 is 0.969 bits per heavy atom. The number of amides is 2. The van der Waals surface area contributed by atoms with Crippen molar-refractivity contribution in [2.75, 3.05) is 47.1 Å². The molecule has 2 amide bonds. The van der Waals surface area contributed by atoms with Crippen LogP contribution in [0, 0.1) is 0 Å². The van der Waals surface area contributed by atoms with Crippen LogP contribution in [0.3, 0.4) is 0 Å². The van der Waals surface area contributed by atoms with Gasteiger partial charge in [-0.1, -0.05) is 134 Å². The van der Waals surface area contributed by atoms with Crippen LogP contribution in [0.5, 0.6) is 11.5 Å². The maximum atomic E-state index is 14.3. The van der Waals surface area contributed by atoms with Crippen LogP contribution in [0.25, 0.3) is 0 Å². The van der Waals surface area contributed by atoms with E-state index in [1.165, 1.54) is 43.3 Å². The van der Waals surface area contributed by atoms with Gasteiger partial charge in [-0.05, 0) is 122 Å². The number of methoxy groups -OCH3 is 2. The molecule has 9 rings (SSSR count). The molecule has 0 radical (unpaired) electrons. The van der Waals surface area contributed by atoms with E-state index in [1.54, 1.807) is 104 Å². The Morgan fingerprint density at radius 3 is 1.49 bits per heavy atom. The Morgan fingerprint density at radius 1 is 0.490 bits per heavy atom. The second-order valence-corrected chi connectivity index (χ2v) is 23.3. The third-order valence-corrected chi connectivity index (χ3v) is 16.5. The second-order valence-electron chi connectivity index (χ2n) is 23.3. The maximum Gasteiger partial charge on any atom is 0.338 e. The summed E-state index contributed by atoms with van der Waals surface area (Å²) < 4.78 is 61.2. The SMILES string of the molecule is COc1ccc(C(OC[C@@H]2C[C@@H](OC(=O)CCC(C)=O)CN2C(=O)CCCCCNC(=O)CCCCO[C@H]2OC(COC(=O)c3ccccc3)[C@@H](OC(=O)c3ccccc3)[C@H](OC(=O)c3ccccc3)C2OC(=O)c2ccccc2)(c2ccccc2)c2ccc(OC)cc2)cc1. The Bertz CT molecular complexity index is 3610. The monoisotopic (exact) mass is 1310 g/mol. The average Bonchev–Trinajstić information content (AvgIpc) is 0.832. The van der Waals surface area contributed by atoms with Gasteiger partial charge in [0.05, 0.1) is 62.1 Å². The van der Waals surface area contributed by atoms with Gasteiger partial charge in [0.15, 0.2) is 24.6 Å². The van der Waals surface area contributed by atoms with E-state index in [9.17, 15) is 38.4 Å². The third kappa shape index (κ3) is 19.3. The van der Waals surface area contributed by atoms with E-state index in [2.05, 4.69) is 5.32 Å². The van der Waals surface area contributed by atoms with Crippen LogP contribution in [0.15, 0.2) is 200 Å². The summed E-state index contributed by atoms with van der Waals surface area (Å²) in [6.07, 6.45) is -5.26. The molecule has 0 aliphatic carbocycles. The molecule has 2 aliphatic heterocycles. The van der Waals surface area contributed by atoms with Crippen molar-refractivity contribution in [3.8, 4) is 11.5 Å². The Kier molecular flexibility index (Phi) is 26.0. The lowest BCUT2D eigenvalue weighted by molar-refractivity contribution is -0.298. The molecule has 0 bridgehead atoms. The van der Waals surface area contributed by atoms with Gasteiger partial charge in [-0.15, -0.1) is 0 Å². The highest BCUT2D eigenvalue weighted by atomic mass is 16.7. The van der Waals surface area contributed by atoms with Crippen molar-refractivity contribution in [1.82, 2.24) is 10.2 Å². The number of Topliss-reactive ketones (excluding diaryl/α,β-unsaturated/α-hetero) is 1. The van der Waals surface area contributed by atoms with Crippen molar-refractivity contribution in [2.45, 2.75) is 120 Å². The lowest BCUT2D eigenvalue weighted by Crippen LogP contribution is -2.63. The quantitative estimate of drug-likeness (QED) is 0.0174. The van der Waals surface area contributed by atoms with E-state index < -0.39 is 84.9 Å². The van der Waals surface area contributed by atoms with Crippen LogP contribution in [0.4, 0.5) is 0 Å². The third-order valence-electron chi connectivity index (χ3n) is 16.5. The summed E-state index contributed by atoms with van der Waals surface area (Å²) >= 11 is 0. The molecule has 2 unspecified atom stereocenters. The van der Waals surface area contributed by atoms with Crippen LogP contribution in [0.1, 0.15) is 129 Å². The van der Waals surface area contributed by atoms with Crippen molar-refractivity contribution >= 4 is 47.4 Å². The van der Waals surface area contributed by atoms with Gasteiger partial charge in [0.2, 0.25) is 11.8 Å². The lowest BCUT2D eigenvalue weighted by Gasteiger charge is -2.44. The van der Waals surface area contributed by atoms with Gasteiger partial charge in [-0.3, -0.25) is 14.4 Å². The zero-order valence-corrected chi connectivity index (χ0v) is 54.0. The molecular weight excluding hydrogens is 1230 g/mol. The van der Waals surface area contributed by atoms with Crippen molar-refractivity contribution in [3.05, 3.63) is 239 Å². The number of hydrogen-bond acceptors (Lipinski definition) is 18. The van der Waals surface area contributed by atoms with Crippen molar-refractivity contribution in [1.29, 1.82) is 0 Å². The predicted octanol–water partition coefficient (Wildman–Crippen LogP) is 11.0. The Hall–Kier alpha value is -10.0. The van der Waals surface area contributed by atoms with Crippen LogP contribution < -0.4 is 14.8 Å². The molecule has 20 heteroatoms. The summed E-state index contributed by atoms with van der Waals surface area (Å²) in [5.74, 6) is -2.93. The minimum atomic E-state index is -1.60. The first kappa shape index (κ1) is 70.3. The van der Waals surface area contributed by atoms with E-state index in [-0.39, 0.29) is 85.3 Å². The van der Waals surface area contributed by atoms with Gasteiger partial charge in [0.25, 0.3) is 0 Å². The number of ether oxygens (including phenoxy) is 10. The van der Waals surface area contributed by atoms with Gasteiger partial charge >= 0.3 is 29.8 Å². The first-order chi connectivity index (χ1) is 46.7. The lowest BCUT2D eigenvalue weighted by atomic mass is 9.80. The van der Waals surface area contributed by atoms with Gasteiger partial charge in [0.1, 0.15) is 41.7 Å². The number of carbonyl (C=O) groups is 8. The van der Waals surface area contributed by atoms with Crippen molar-refractivity contribution in [2.24, 2.45) is 0 Å². The standard InChI is InChI=1S/C76H80N2O18/c1-52(79)36-45-67(82)92-63-48-60(50-91-76(57-32-18-8-19-33-57,58-37-41-61(87-2)42-38-58)59-39-43-62(88-3)44-40-59)78(49-63)66(81)35-20-9-22-46-77-65(80)34-21-23-47-89-75-70(96-74(86)56-30-16-7-17-31-56)69(95-73(85)55-28-14-6-15-29-55)68(94-72(84)54-26-12-5-13-27-54)64(93-75)51-90-71(83)53-24-10-4-11-25-53/h4-8,10-19,24-33,37-44,60,63-64,68-70,75H,9,20-23,34-36,45-51H2,1-3H3,(H,77,80)/t60-,63+,64?,68+,69-,70?,75-/m0/s1. The number of carbonyl (C=O) groups excluding carboxylic acids is 8. The molecule has 2 aliphatic rings. The second kappa shape index (κ2) is 35.5. The number of ketones is 1. The normalized spacial score (nSPS) is 18.2. The highest BCUT2D eigenvalue weighted by molar-refractivity contribution is 5.92. The number of benzene rings is 7. The Labute approximate surface area is 558 Å². The molecule has 2 saturated heterocycles. The van der Waals surface area contributed by atoms with Crippen molar-refractivity contribution in [3.63, 3.8) is 0 Å². The maximum absolute atomic E-state index is 14.3. The molecule has 502 valence electrons. The number of hydrogen-bond donors (Lipinski definition) is 1. The van der Waals surface area contributed by atoms with Crippen molar-refractivity contribution < 1.29 is 85.7 Å². The molecule has 7 aromatic carbocycles. The minimum absolute atomic E-state index is 0.0476. The highest BCUT2D eigenvalue weighted by Gasteiger charge is 2.54. The average molecular weight is 1310 g/mol. The van der Waals surface area contributed by atoms with Gasteiger partial charge in [-0.25, -0.2) is 19.2 Å². The molecule has 96 heavy (non-hydrogen) atoms. The fourth-order valence-corrected chi connectivity index (χ4v) is 11.5. The molecule has 0 aromatic heterocycles. The van der Waals surface area contributed by atoms with Crippen LogP contribution in [-0.2, 0) is 62.7 Å². The molecule has 1 N–H and O–H groups in total. The summed E-state index contributed by atoms with van der Waals surface area (Å²) in [6.45, 7) is 1.39. The van der Waals surface area contributed by atoms with Crippen LogP contribution in [-0.4, -0.2) is 142 Å². The largest absolute Gasteiger partial charge is 0.497 e.